The van der Waals surface area contributed by atoms with Crippen molar-refractivity contribution in [1.29, 1.82) is 0 Å². The zero-order valence-corrected chi connectivity index (χ0v) is 16.5. The molecule has 1 N–H and O–H groups in total. The number of amides is 1. The molecule has 0 spiro atoms. The lowest BCUT2D eigenvalue weighted by atomic mass is 10.2. The third kappa shape index (κ3) is 4.78. The largest absolute Gasteiger partial charge is 0.355 e. The number of likely N-dealkylation sites (N-methyl/N-ethyl adjacent to an activating group) is 1. The van der Waals surface area contributed by atoms with Crippen LogP contribution in [0.3, 0.4) is 0 Å². The minimum atomic E-state index is -3.52. The highest BCUT2D eigenvalue weighted by molar-refractivity contribution is 9.10. The predicted octanol–water partition coefficient (Wildman–Crippen LogP) is 1.59. The first-order valence-electron chi connectivity index (χ1n) is 8.10. The molecule has 24 heavy (non-hydrogen) atoms. The van der Waals surface area contributed by atoms with E-state index >= 15 is 0 Å². The Morgan fingerprint density at radius 1 is 1.25 bits per heavy atom. The molecular formula is C16H24BrN3O3S. The summed E-state index contributed by atoms with van der Waals surface area (Å²) in [6.07, 6.45) is 0.714. The summed E-state index contributed by atoms with van der Waals surface area (Å²) in [6.45, 7) is 6.76. The number of aryl methyl sites for hydroxylation is 1. The van der Waals surface area contributed by atoms with Crippen molar-refractivity contribution in [2.45, 2.75) is 25.2 Å². The number of carbonyl (C=O) groups is 1. The van der Waals surface area contributed by atoms with Crippen molar-refractivity contribution in [2.24, 2.45) is 0 Å². The Labute approximate surface area is 152 Å². The number of halogens is 1. The van der Waals surface area contributed by atoms with Gasteiger partial charge in [0.1, 0.15) is 0 Å². The van der Waals surface area contributed by atoms with Gasteiger partial charge in [-0.3, -0.25) is 9.69 Å². The number of carbonyl (C=O) groups excluding carboxylic acids is 1. The highest BCUT2D eigenvalue weighted by atomic mass is 79.9. The van der Waals surface area contributed by atoms with E-state index in [2.05, 4.69) is 21.2 Å². The van der Waals surface area contributed by atoms with Gasteiger partial charge in [-0.2, -0.15) is 4.31 Å². The molecule has 1 amide bonds. The van der Waals surface area contributed by atoms with Crippen molar-refractivity contribution in [1.82, 2.24) is 14.5 Å². The number of hydrogen-bond acceptors (Lipinski definition) is 4. The van der Waals surface area contributed by atoms with E-state index in [0.717, 1.165) is 16.6 Å². The predicted molar refractivity (Wildman–Crippen MR) is 97.4 cm³/mol. The van der Waals surface area contributed by atoms with Crippen molar-refractivity contribution in [3.8, 4) is 0 Å². The summed E-state index contributed by atoms with van der Waals surface area (Å²) < 4.78 is 28.2. The second-order valence-electron chi connectivity index (χ2n) is 5.90. The molecule has 2 rings (SSSR count). The van der Waals surface area contributed by atoms with Crippen LogP contribution in [0.1, 0.15) is 18.9 Å². The molecule has 1 aromatic carbocycles. The maximum Gasteiger partial charge on any atom is 0.243 e. The van der Waals surface area contributed by atoms with Crippen molar-refractivity contribution in [3.05, 3.63) is 28.2 Å². The zero-order chi connectivity index (χ0) is 17.7. The summed E-state index contributed by atoms with van der Waals surface area (Å²) in [5, 5.41) is 2.78. The smallest absolute Gasteiger partial charge is 0.243 e. The average Bonchev–Trinajstić information content (AvgIpc) is 2.76. The minimum Gasteiger partial charge on any atom is -0.355 e. The van der Waals surface area contributed by atoms with Crippen molar-refractivity contribution >= 4 is 31.9 Å². The molecule has 0 bridgehead atoms. The number of nitrogens with one attached hydrogen (secondary N) is 1. The van der Waals surface area contributed by atoms with Crippen LogP contribution in [-0.2, 0) is 14.8 Å². The number of nitrogens with zero attached hydrogens (tertiary/aromatic N) is 2. The molecule has 134 valence electrons. The summed E-state index contributed by atoms with van der Waals surface area (Å²) in [5.74, 6) is -0.0170. The summed E-state index contributed by atoms with van der Waals surface area (Å²) in [5.41, 5.74) is 0.738. The first-order chi connectivity index (χ1) is 11.3. The fourth-order valence-corrected chi connectivity index (χ4v) is 5.03. The van der Waals surface area contributed by atoms with E-state index in [0.29, 0.717) is 44.0 Å². The molecule has 8 heteroatoms. The van der Waals surface area contributed by atoms with E-state index < -0.39 is 10.0 Å². The second-order valence-corrected chi connectivity index (χ2v) is 8.72. The summed E-state index contributed by atoms with van der Waals surface area (Å²) in [6, 6.07) is 5.29. The standard InChI is InChI=1S/C16H24BrN3O3S/c1-3-18-16(21)12-19-7-4-8-20(10-9-19)24(22,23)15-11-14(17)6-5-13(15)2/h5-6,11H,3-4,7-10,12H2,1-2H3,(H,18,21). The van der Waals surface area contributed by atoms with E-state index in [-0.39, 0.29) is 5.91 Å². The lowest BCUT2D eigenvalue weighted by molar-refractivity contribution is -0.122. The van der Waals surface area contributed by atoms with Gasteiger partial charge in [0.15, 0.2) is 0 Å². The Balaban J connectivity index is 2.10. The van der Waals surface area contributed by atoms with Crippen LogP contribution in [0.4, 0.5) is 0 Å². The fraction of sp³-hybridized carbons (Fsp3) is 0.562. The summed E-state index contributed by atoms with van der Waals surface area (Å²) in [7, 11) is -3.52. The maximum absolute atomic E-state index is 13.0. The molecule has 0 saturated carbocycles. The molecule has 0 aliphatic carbocycles. The van der Waals surface area contributed by atoms with Gasteiger partial charge in [0.05, 0.1) is 11.4 Å². The van der Waals surface area contributed by atoms with Gasteiger partial charge < -0.3 is 5.32 Å². The first-order valence-corrected chi connectivity index (χ1v) is 10.3. The molecule has 1 aromatic rings. The molecule has 1 aliphatic rings. The van der Waals surface area contributed by atoms with Gasteiger partial charge in [-0.25, -0.2) is 8.42 Å². The molecule has 0 radical (unpaired) electrons. The second kappa shape index (κ2) is 8.42. The summed E-state index contributed by atoms with van der Waals surface area (Å²) in [4.78, 5) is 14.1. The molecule has 6 nitrogen and oxygen atoms in total. The molecule has 0 aromatic heterocycles. The van der Waals surface area contributed by atoms with Crippen LogP contribution in [0.15, 0.2) is 27.6 Å². The van der Waals surface area contributed by atoms with E-state index in [1.54, 1.807) is 19.1 Å². The monoisotopic (exact) mass is 417 g/mol. The third-order valence-electron chi connectivity index (χ3n) is 4.06. The van der Waals surface area contributed by atoms with Crippen molar-refractivity contribution < 1.29 is 13.2 Å². The van der Waals surface area contributed by atoms with Crippen LogP contribution in [0.5, 0.6) is 0 Å². The van der Waals surface area contributed by atoms with Crippen molar-refractivity contribution in [3.63, 3.8) is 0 Å². The molecule has 0 unspecified atom stereocenters. The zero-order valence-electron chi connectivity index (χ0n) is 14.1. The topological polar surface area (TPSA) is 69.7 Å². The number of rotatable bonds is 5. The van der Waals surface area contributed by atoms with Gasteiger partial charge in [0.2, 0.25) is 15.9 Å². The van der Waals surface area contributed by atoms with Crippen LogP contribution in [0.25, 0.3) is 0 Å². The number of benzene rings is 1. The molecule has 1 saturated heterocycles. The van der Waals surface area contributed by atoms with Crippen LogP contribution in [-0.4, -0.2) is 62.8 Å². The normalized spacial score (nSPS) is 17.5. The number of sulfonamides is 1. The Morgan fingerprint density at radius 2 is 2.00 bits per heavy atom. The Hall–Kier alpha value is -0.960. The van der Waals surface area contributed by atoms with Gasteiger partial charge in [-0.15, -0.1) is 0 Å². The van der Waals surface area contributed by atoms with Crippen LogP contribution < -0.4 is 5.32 Å². The Morgan fingerprint density at radius 3 is 2.71 bits per heavy atom. The molecule has 1 aliphatic heterocycles. The van der Waals surface area contributed by atoms with Crippen LogP contribution >= 0.6 is 15.9 Å². The lowest BCUT2D eigenvalue weighted by Crippen LogP contribution is -2.40. The first kappa shape index (κ1) is 19.4. The molecule has 1 fully saturated rings. The maximum atomic E-state index is 13.0. The SMILES string of the molecule is CCNC(=O)CN1CCCN(S(=O)(=O)c2cc(Br)ccc2C)CC1. The van der Waals surface area contributed by atoms with Gasteiger partial charge in [-0.05, 0) is 44.5 Å². The van der Waals surface area contributed by atoms with E-state index in [1.807, 2.05) is 17.9 Å². The van der Waals surface area contributed by atoms with Gasteiger partial charge in [0, 0.05) is 30.7 Å². The quantitative estimate of drug-likeness (QED) is 0.789. The molecule has 0 atom stereocenters. The van der Waals surface area contributed by atoms with E-state index in [1.165, 1.54) is 4.31 Å². The number of hydrogen-bond donors (Lipinski definition) is 1. The Bertz CT molecular complexity index is 694. The van der Waals surface area contributed by atoms with Crippen molar-refractivity contribution in [2.75, 3.05) is 39.3 Å². The van der Waals surface area contributed by atoms with E-state index in [4.69, 9.17) is 0 Å². The Kier molecular flexibility index (Phi) is 6.79. The van der Waals surface area contributed by atoms with Crippen LogP contribution in [0.2, 0.25) is 0 Å². The summed E-state index contributed by atoms with van der Waals surface area (Å²) >= 11 is 3.34. The minimum absolute atomic E-state index is 0.0170. The third-order valence-corrected chi connectivity index (χ3v) is 6.59. The van der Waals surface area contributed by atoms with Gasteiger partial charge in [0.25, 0.3) is 0 Å². The van der Waals surface area contributed by atoms with Crippen LogP contribution in [0, 0.1) is 6.92 Å². The molecular weight excluding hydrogens is 394 g/mol. The lowest BCUT2D eigenvalue weighted by Gasteiger charge is -2.22. The van der Waals surface area contributed by atoms with E-state index in [9.17, 15) is 13.2 Å². The fourth-order valence-electron chi connectivity index (χ4n) is 2.79. The average molecular weight is 418 g/mol. The highest BCUT2D eigenvalue weighted by Gasteiger charge is 2.28. The molecule has 1 heterocycles. The van der Waals surface area contributed by atoms with Gasteiger partial charge in [-0.1, -0.05) is 22.0 Å². The van der Waals surface area contributed by atoms with Gasteiger partial charge >= 0.3 is 0 Å². The highest BCUT2D eigenvalue weighted by Crippen LogP contribution is 2.24.